The summed E-state index contributed by atoms with van der Waals surface area (Å²) in [6, 6.07) is 6.67. The molecule has 2 aliphatic rings. The molecule has 0 radical (unpaired) electrons. The zero-order valence-corrected chi connectivity index (χ0v) is 16.2. The normalized spacial score (nSPS) is 32.3. The Labute approximate surface area is 148 Å². The van der Waals surface area contributed by atoms with Crippen molar-refractivity contribution in [2.45, 2.75) is 66.2 Å². The van der Waals surface area contributed by atoms with Crippen LogP contribution in [0.5, 0.6) is 5.75 Å². The van der Waals surface area contributed by atoms with E-state index in [9.17, 15) is 0 Å². The third kappa shape index (κ3) is 3.03. The van der Waals surface area contributed by atoms with Crippen LogP contribution in [0.4, 0.5) is 0 Å². The second kappa shape index (κ2) is 6.24. The lowest BCUT2D eigenvalue weighted by molar-refractivity contribution is -0.0517. The Morgan fingerprint density at radius 3 is 2.62 bits per heavy atom. The summed E-state index contributed by atoms with van der Waals surface area (Å²) in [4.78, 5) is 0. The second-order valence-electron chi connectivity index (χ2n) is 9.21. The van der Waals surface area contributed by atoms with Gasteiger partial charge in [-0.25, -0.2) is 0 Å². The summed E-state index contributed by atoms with van der Waals surface area (Å²) in [5.41, 5.74) is 5.04. The Bertz CT molecular complexity index is 627. The van der Waals surface area contributed by atoms with Crippen molar-refractivity contribution in [3.8, 4) is 5.75 Å². The number of rotatable bonds is 3. The largest absolute Gasteiger partial charge is 0.497 e. The molecule has 0 amide bonds. The molecule has 1 heteroatoms. The summed E-state index contributed by atoms with van der Waals surface area (Å²) in [5.74, 6) is 2.40. The van der Waals surface area contributed by atoms with Crippen LogP contribution in [0.1, 0.15) is 64.0 Å². The molecule has 0 aliphatic heterocycles. The molecule has 0 saturated heterocycles. The number of hydrogen-bond donors (Lipinski definition) is 0. The lowest BCUT2D eigenvalue weighted by Crippen LogP contribution is -2.50. The van der Waals surface area contributed by atoms with Gasteiger partial charge in [-0.2, -0.15) is 0 Å². The Balaban J connectivity index is 1.93. The molecule has 3 rings (SSSR count). The van der Waals surface area contributed by atoms with Crippen molar-refractivity contribution < 1.29 is 4.74 Å². The van der Waals surface area contributed by atoms with E-state index < -0.39 is 0 Å². The van der Waals surface area contributed by atoms with Gasteiger partial charge in [0.15, 0.2) is 0 Å². The summed E-state index contributed by atoms with van der Waals surface area (Å²) < 4.78 is 5.49. The molecule has 2 fully saturated rings. The molecule has 1 aromatic carbocycles. The van der Waals surface area contributed by atoms with Crippen molar-refractivity contribution >= 4 is 0 Å². The van der Waals surface area contributed by atoms with Gasteiger partial charge in [-0.05, 0) is 85.0 Å². The minimum absolute atomic E-state index is 0.397. The highest BCUT2D eigenvalue weighted by Crippen LogP contribution is 2.61. The quantitative estimate of drug-likeness (QED) is 0.588. The highest BCUT2D eigenvalue weighted by atomic mass is 16.5. The first-order valence-electron chi connectivity index (χ1n) is 9.58. The first-order chi connectivity index (χ1) is 11.3. The molecule has 2 saturated carbocycles. The Kier molecular flexibility index (Phi) is 4.57. The fourth-order valence-electron chi connectivity index (χ4n) is 5.95. The molecule has 3 atom stereocenters. The number of fused-ring (bicyclic) bond motifs is 1. The molecule has 1 aromatic rings. The number of ether oxygens (including phenoxy) is 1. The predicted octanol–water partition coefficient (Wildman–Crippen LogP) is 6.34. The van der Waals surface area contributed by atoms with E-state index >= 15 is 0 Å². The summed E-state index contributed by atoms with van der Waals surface area (Å²) in [6.07, 6.45) is 7.74. The van der Waals surface area contributed by atoms with E-state index in [1.165, 1.54) is 48.8 Å². The van der Waals surface area contributed by atoms with Crippen LogP contribution in [0, 0.1) is 29.6 Å². The van der Waals surface area contributed by atoms with Gasteiger partial charge in [0.2, 0.25) is 0 Å². The molecule has 24 heavy (non-hydrogen) atoms. The highest BCUT2D eigenvalue weighted by Gasteiger charge is 2.52. The molecule has 2 aliphatic carbocycles. The summed E-state index contributed by atoms with van der Waals surface area (Å²) >= 11 is 0. The van der Waals surface area contributed by atoms with Gasteiger partial charge >= 0.3 is 0 Å². The average molecular weight is 327 g/mol. The van der Waals surface area contributed by atoms with E-state index in [1.54, 1.807) is 7.11 Å². The molecule has 0 aromatic heterocycles. The van der Waals surface area contributed by atoms with Crippen LogP contribution in [0.25, 0.3) is 0 Å². The molecule has 3 unspecified atom stereocenters. The van der Waals surface area contributed by atoms with E-state index in [-0.39, 0.29) is 0 Å². The third-order valence-corrected chi connectivity index (χ3v) is 7.11. The van der Waals surface area contributed by atoms with Crippen LogP contribution in [0.15, 0.2) is 30.4 Å². The van der Waals surface area contributed by atoms with Crippen molar-refractivity contribution in [3.63, 3.8) is 0 Å². The van der Waals surface area contributed by atoms with E-state index in [0.29, 0.717) is 16.7 Å². The molecule has 0 N–H and O–H groups in total. The van der Waals surface area contributed by atoms with Gasteiger partial charge in [0.25, 0.3) is 0 Å². The molecular weight excluding hydrogens is 292 g/mol. The molecule has 0 bridgehead atoms. The minimum atomic E-state index is 0.397. The summed E-state index contributed by atoms with van der Waals surface area (Å²) in [6.45, 7) is 14.2. The lowest BCUT2D eigenvalue weighted by atomic mass is 9.47. The van der Waals surface area contributed by atoms with Crippen molar-refractivity contribution in [1.82, 2.24) is 0 Å². The maximum atomic E-state index is 5.49. The first-order valence-corrected chi connectivity index (χ1v) is 9.58. The standard InChI is InChI=1S/C23H34O/c1-16-12-18(14-19(13-16)24-6)15-20-17(2)8-9-21-22(3,4)10-7-11-23(20,21)5/h12-14,20-21H,2,7-11,15H2,1,3-6H3. The van der Waals surface area contributed by atoms with Crippen LogP contribution >= 0.6 is 0 Å². The van der Waals surface area contributed by atoms with Gasteiger partial charge in [0.05, 0.1) is 7.11 Å². The maximum Gasteiger partial charge on any atom is 0.119 e. The zero-order valence-electron chi connectivity index (χ0n) is 16.2. The van der Waals surface area contributed by atoms with Gasteiger partial charge in [-0.1, -0.05) is 45.4 Å². The number of allylic oxidation sites excluding steroid dienone is 1. The third-order valence-electron chi connectivity index (χ3n) is 7.11. The van der Waals surface area contributed by atoms with E-state index in [2.05, 4.69) is 52.5 Å². The number of hydrogen-bond acceptors (Lipinski definition) is 1. The minimum Gasteiger partial charge on any atom is -0.497 e. The number of methoxy groups -OCH3 is 1. The van der Waals surface area contributed by atoms with Crippen LogP contribution in [-0.2, 0) is 6.42 Å². The Morgan fingerprint density at radius 1 is 1.17 bits per heavy atom. The lowest BCUT2D eigenvalue weighted by Gasteiger charge is -2.58. The average Bonchev–Trinajstić information content (AvgIpc) is 2.49. The van der Waals surface area contributed by atoms with Crippen molar-refractivity contribution in [3.05, 3.63) is 41.5 Å². The van der Waals surface area contributed by atoms with E-state index in [1.807, 2.05) is 0 Å². The van der Waals surface area contributed by atoms with Crippen LogP contribution in [0.3, 0.4) is 0 Å². The fraction of sp³-hybridized carbons (Fsp3) is 0.652. The maximum absolute atomic E-state index is 5.49. The molecule has 1 nitrogen and oxygen atoms in total. The van der Waals surface area contributed by atoms with E-state index in [4.69, 9.17) is 4.74 Å². The molecule has 132 valence electrons. The van der Waals surface area contributed by atoms with Gasteiger partial charge < -0.3 is 4.74 Å². The van der Waals surface area contributed by atoms with Gasteiger partial charge in [-0.15, -0.1) is 0 Å². The Hall–Kier alpha value is -1.24. The first kappa shape index (κ1) is 17.6. The van der Waals surface area contributed by atoms with Crippen LogP contribution < -0.4 is 4.74 Å². The summed E-state index contributed by atoms with van der Waals surface area (Å²) in [5, 5.41) is 0. The van der Waals surface area contributed by atoms with E-state index in [0.717, 1.165) is 18.1 Å². The number of aryl methyl sites for hydroxylation is 1. The number of benzene rings is 1. The van der Waals surface area contributed by atoms with Gasteiger partial charge in [0, 0.05) is 0 Å². The zero-order chi connectivity index (χ0) is 17.5. The monoisotopic (exact) mass is 326 g/mol. The predicted molar refractivity (Wildman–Crippen MR) is 103 cm³/mol. The van der Waals surface area contributed by atoms with Crippen molar-refractivity contribution in [2.24, 2.45) is 22.7 Å². The molecule has 0 spiro atoms. The fourth-order valence-corrected chi connectivity index (χ4v) is 5.95. The van der Waals surface area contributed by atoms with Gasteiger partial charge in [-0.3, -0.25) is 0 Å². The molecular formula is C23H34O. The van der Waals surface area contributed by atoms with Gasteiger partial charge in [0.1, 0.15) is 5.75 Å². The smallest absolute Gasteiger partial charge is 0.119 e. The van der Waals surface area contributed by atoms with Crippen molar-refractivity contribution in [1.29, 1.82) is 0 Å². The molecule has 0 heterocycles. The van der Waals surface area contributed by atoms with Crippen molar-refractivity contribution in [2.75, 3.05) is 7.11 Å². The Morgan fingerprint density at radius 2 is 1.92 bits per heavy atom. The highest BCUT2D eigenvalue weighted by molar-refractivity contribution is 5.35. The SMILES string of the molecule is C=C1CCC2C(C)(C)CCCC2(C)C1Cc1cc(C)cc(OC)c1. The van der Waals surface area contributed by atoms with Crippen LogP contribution in [-0.4, -0.2) is 7.11 Å². The van der Waals surface area contributed by atoms with Crippen LogP contribution in [0.2, 0.25) is 0 Å². The summed E-state index contributed by atoms with van der Waals surface area (Å²) in [7, 11) is 1.76. The second-order valence-corrected chi connectivity index (χ2v) is 9.21. The topological polar surface area (TPSA) is 9.23 Å².